The van der Waals surface area contributed by atoms with Gasteiger partial charge in [0, 0.05) is 47.7 Å². The zero-order valence-electron chi connectivity index (χ0n) is 27.6. The maximum Gasteiger partial charge on any atom is 0.262 e. The molecular weight excluding hydrogens is 657 g/mol. The van der Waals surface area contributed by atoms with Gasteiger partial charge in [0.05, 0.1) is 29.5 Å². The molecular formula is C37H40N6O6S. The van der Waals surface area contributed by atoms with Gasteiger partial charge in [-0.2, -0.15) is 0 Å². The van der Waals surface area contributed by atoms with Crippen LogP contribution < -0.4 is 31.2 Å². The van der Waals surface area contributed by atoms with Crippen molar-refractivity contribution >= 4 is 46.3 Å². The molecule has 5 N–H and O–H groups in total. The van der Waals surface area contributed by atoms with Crippen molar-refractivity contribution in [1.82, 2.24) is 15.2 Å². The number of carbonyl (C=O) groups excluding carboxylic acids is 4. The van der Waals surface area contributed by atoms with Gasteiger partial charge in [0.2, 0.25) is 5.91 Å². The fourth-order valence-electron chi connectivity index (χ4n) is 5.52. The maximum absolute atomic E-state index is 13.5. The summed E-state index contributed by atoms with van der Waals surface area (Å²) in [7, 11) is 0. The summed E-state index contributed by atoms with van der Waals surface area (Å²) < 4.78 is 11.3. The van der Waals surface area contributed by atoms with Crippen LogP contribution in [0.3, 0.4) is 0 Å². The molecule has 50 heavy (non-hydrogen) atoms. The molecule has 1 aromatic heterocycles. The number of nitrogens with zero attached hydrogens (tertiary/aromatic N) is 2. The summed E-state index contributed by atoms with van der Waals surface area (Å²) >= 11 is 1.48. The normalized spacial score (nSPS) is 14.1. The molecule has 1 aliphatic carbocycles. The number of rotatable bonds is 16. The zero-order valence-corrected chi connectivity index (χ0v) is 28.4. The van der Waals surface area contributed by atoms with Crippen molar-refractivity contribution in [1.29, 1.82) is 0 Å². The first-order chi connectivity index (χ1) is 24.3. The van der Waals surface area contributed by atoms with E-state index in [1.165, 1.54) is 11.3 Å². The summed E-state index contributed by atoms with van der Waals surface area (Å²) in [5.74, 6) is 0.466. The number of anilines is 2. The second-order valence-electron chi connectivity index (χ2n) is 12.4. The first kappa shape index (κ1) is 34.6. The van der Waals surface area contributed by atoms with E-state index in [2.05, 4.69) is 20.9 Å². The van der Waals surface area contributed by atoms with E-state index in [4.69, 9.17) is 15.2 Å². The second kappa shape index (κ2) is 16.4. The Morgan fingerprint density at radius 2 is 1.80 bits per heavy atom. The van der Waals surface area contributed by atoms with Crippen molar-refractivity contribution < 1.29 is 28.7 Å². The van der Waals surface area contributed by atoms with Crippen LogP contribution in [0.5, 0.6) is 11.5 Å². The number of carbonyl (C=O) groups is 4. The molecule has 12 nitrogen and oxygen atoms in total. The fraction of sp³-hybridized carbons (Fsp3) is 0.324. The fourth-order valence-corrected chi connectivity index (χ4v) is 6.09. The van der Waals surface area contributed by atoms with Crippen molar-refractivity contribution in [2.45, 2.75) is 57.2 Å². The molecule has 3 aromatic carbocycles. The number of nitrogens with one attached hydrogen (secondary N) is 3. The van der Waals surface area contributed by atoms with Crippen LogP contribution in [0.4, 0.5) is 11.4 Å². The highest BCUT2D eigenvalue weighted by Gasteiger charge is 2.33. The lowest BCUT2D eigenvalue weighted by molar-refractivity contribution is -0.122. The third kappa shape index (κ3) is 9.45. The van der Waals surface area contributed by atoms with Crippen LogP contribution in [0.15, 0.2) is 77.6 Å². The Kier molecular flexibility index (Phi) is 11.4. The predicted octanol–water partition coefficient (Wildman–Crippen LogP) is 4.77. The van der Waals surface area contributed by atoms with E-state index in [-0.39, 0.29) is 36.3 Å². The van der Waals surface area contributed by atoms with Gasteiger partial charge < -0.3 is 36.1 Å². The molecule has 1 saturated carbocycles. The van der Waals surface area contributed by atoms with E-state index >= 15 is 0 Å². The first-order valence-corrected chi connectivity index (χ1v) is 17.7. The van der Waals surface area contributed by atoms with Crippen LogP contribution in [-0.4, -0.2) is 65.4 Å². The maximum atomic E-state index is 13.5. The van der Waals surface area contributed by atoms with Gasteiger partial charge >= 0.3 is 0 Å². The molecule has 13 heteroatoms. The van der Waals surface area contributed by atoms with Crippen LogP contribution in [0.2, 0.25) is 0 Å². The molecule has 1 unspecified atom stereocenters. The number of hydrogen-bond donors (Lipinski definition) is 4. The molecule has 2 heterocycles. The molecule has 0 spiro atoms. The molecule has 1 fully saturated rings. The summed E-state index contributed by atoms with van der Waals surface area (Å²) in [6.07, 6.45) is 4.89. The summed E-state index contributed by atoms with van der Waals surface area (Å²) in [4.78, 5) is 56.2. The Labute approximate surface area is 294 Å². The Morgan fingerprint density at radius 1 is 1.02 bits per heavy atom. The van der Waals surface area contributed by atoms with Gasteiger partial charge in [-0.25, -0.2) is 4.98 Å². The van der Waals surface area contributed by atoms with Crippen LogP contribution in [0.25, 0.3) is 0 Å². The van der Waals surface area contributed by atoms with E-state index in [9.17, 15) is 19.2 Å². The molecule has 260 valence electrons. The highest BCUT2D eigenvalue weighted by Crippen LogP contribution is 2.33. The van der Waals surface area contributed by atoms with E-state index < -0.39 is 6.04 Å². The lowest BCUT2D eigenvalue weighted by atomic mass is 10.1. The Hall–Kier alpha value is -5.27. The molecule has 0 radical (unpaired) electrons. The minimum atomic E-state index is -0.599. The van der Waals surface area contributed by atoms with Crippen molar-refractivity contribution in [3.8, 4) is 11.5 Å². The predicted molar refractivity (Wildman–Crippen MR) is 190 cm³/mol. The van der Waals surface area contributed by atoms with Crippen molar-refractivity contribution in [3.05, 3.63) is 100 Å². The van der Waals surface area contributed by atoms with E-state index in [0.717, 1.165) is 43.4 Å². The van der Waals surface area contributed by atoms with Gasteiger partial charge in [-0.05, 0) is 92.3 Å². The number of ether oxygens (including phenoxy) is 2. The Bertz CT molecular complexity index is 1790. The van der Waals surface area contributed by atoms with E-state index in [1.54, 1.807) is 48.0 Å². The highest BCUT2D eigenvalue weighted by molar-refractivity contribution is 7.07. The Morgan fingerprint density at radius 3 is 2.54 bits per heavy atom. The summed E-state index contributed by atoms with van der Waals surface area (Å²) in [5.41, 5.74) is 11.6. The van der Waals surface area contributed by atoms with Crippen LogP contribution >= 0.6 is 11.3 Å². The van der Waals surface area contributed by atoms with Gasteiger partial charge in [-0.1, -0.05) is 12.1 Å². The minimum absolute atomic E-state index is 0.0745. The molecule has 0 saturated heterocycles. The molecule has 4 aromatic rings. The van der Waals surface area contributed by atoms with E-state index in [0.29, 0.717) is 60.1 Å². The van der Waals surface area contributed by atoms with Gasteiger partial charge in [-0.15, -0.1) is 11.3 Å². The number of aromatic nitrogens is 1. The van der Waals surface area contributed by atoms with Crippen LogP contribution in [0.1, 0.15) is 64.1 Å². The molecule has 2 aliphatic rings. The number of unbranched alkanes of at least 4 members (excludes halogenated alkanes) is 2. The molecule has 0 bridgehead atoms. The minimum Gasteiger partial charge on any atom is -0.494 e. The average molecular weight is 697 g/mol. The summed E-state index contributed by atoms with van der Waals surface area (Å²) in [5, 5.41) is 10.4. The monoisotopic (exact) mass is 696 g/mol. The van der Waals surface area contributed by atoms with Gasteiger partial charge in [0.1, 0.15) is 11.5 Å². The van der Waals surface area contributed by atoms with Crippen molar-refractivity contribution in [2.75, 3.05) is 30.4 Å². The smallest absolute Gasteiger partial charge is 0.262 e. The van der Waals surface area contributed by atoms with Gasteiger partial charge in [0.25, 0.3) is 17.7 Å². The van der Waals surface area contributed by atoms with E-state index in [1.807, 2.05) is 34.5 Å². The average Bonchev–Trinajstić information content (AvgIpc) is 3.85. The van der Waals surface area contributed by atoms with Gasteiger partial charge in [-0.3, -0.25) is 19.2 Å². The number of hydrogen-bond acceptors (Lipinski definition) is 9. The number of fused-ring (bicyclic) bond motifs is 1. The summed E-state index contributed by atoms with van der Waals surface area (Å²) in [6, 6.07) is 19.1. The lowest BCUT2D eigenvalue weighted by Crippen LogP contribution is -2.42. The van der Waals surface area contributed by atoms with Gasteiger partial charge in [0.15, 0.2) is 6.61 Å². The van der Waals surface area contributed by atoms with Crippen LogP contribution in [-0.2, 0) is 22.6 Å². The molecule has 1 aliphatic heterocycles. The molecule has 6 rings (SSSR count). The third-order valence-corrected chi connectivity index (χ3v) is 9.06. The quantitative estimate of drug-likeness (QED) is 0.122. The summed E-state index contributed by atoms with van der Waals surface area (Å²) in [6.45, 7) is 1.45. The third-order valence-electron chi connectivity index (χ3n) is 8.43. The standard InChI is InChI=1S/C37H40N6O6S/c38-31(19-28-22-50-23-40-28)36(46)39-16-2-1-3-17-48-30-13-9-27(10-14-30)41-35(45)25-6-4-24(5-7-25)20-43(29-11-12-29)37(47)26-8-15-32-33(18-26)49-21-34(44)42-32/h4-10,13-15,18,22-23,29,31H,1-3,11-12,16-17,19-21,38H2,(H,39,46)(H,41,45)(H,42,44). The first-order valence-electron chi connectivity index (χ1n) is 16.7. The highest BCUT2D eigenvalue weighted by atomic mass is 32.1. The Balaban J connectivity index is 0.905. The molecule has 1 atom stereocenters. The topological polar surface area (TPSA) is 165 Å². The SMILES string of the molecule is NC(Cc1cscn1)C(=O)NCCCCCOc1ccc(NC(=O)c2ccc(CN(C(=O)c3ccc4c(c3)OCC(=O)N4)C3CC3)cc2)cc1. The second-order valence-corrected chi connectivity index (χ2v) is 13.1. The van der Waals surface area contributed by atoms with Crippen LogP contribution in [0, 0.1) is 0 Å². The number of benzene rings is 3. The van der Waals surface area contributed by atoms with Crippen molar-refractivity contribution in [2.24, 2.45) is 5.73 Å². The lowest BCUT2D eigenvalue weighted by Gasteiger charge is -2.24. The van der Waals surface area contributed by atoms with Crippen molar-refractivity contribution in [3.63, 3.8) is 0 Å². The number of nitrogens with two attached hydrogens (primary N) is 1. The largest absolute Gasteiger partial charge is 0.494 e. The number of amides is 4. The molecule has 4 amide bonds. The number of thiazole rings is 1. The zero-order chi connectivity index (χ0) is 34.9.